The van der Waals surface area contributed by atoms with Crippen molar-refractivity contribution in [2.75, 3.05) is 11.9 Å². The molecule has 0 fully saturated rings. The minimum absolute atomic E-state index is 0.270. The largest absolute Gasteiger partial charge is 0.366 e. The first-order valence-electron chi connectivity index (χ1n) is 6.09. The van der Waals surface area contributed by atoms with Gasteiger partial charge in [-0.3, -0.25) is 9.59 Å². The van der Waals surface area contributed by atoms with E-state index in [2.05, 4.69) is 17.2 Å². The van der Waals surface area contributed by atoms with E-state index in [0.717, 1.165) is 4.88 Å². The van der Waals surface area contributed by atoms with Crippen LogP contribution in [0.2, 0.25) is 0 Å². The molecule has 5 nitrogen and oxygen atoms in total. The molecule has 2 amide bonds. The van der Waals surface area contributed by atoms with Crippen LogP contribution in [0.3, 0.4) is 0 Å². The number of benzene rings is 1. The molecule has 2 rings (SSSR count). The van der Waals surface area contributed by atoms with E-state index in [4.69, 9.17) is 11.5 Å². The molecule has 0 aliphatic heterocycles. The highest BCUT2D eigenvalue weighted by Crippen LogP contribution is 2.16. The Kier molecular flexibility index (Phi) is 4.72. The van der Waals surface area contributed by atoms with Gasteiger partial charge in [-0.25, -0.2) is 0 Å². The fourth-order valence-corrected chi connectivity index (χ4v) is 2.37. The van der Waals surface area contributed by atoms with Gasteiger partial charge < -0.3 is 16.8 Å². The molecule has 2 aromatic rings. The third-order valence-corrected chi connectivity index (χ3v) is 3.43. The molecule has 0 aliphatic carbocycles. The fraction of sp³-hybridized carbons (Fsp3) is 0.0667. The molecule has 0 atom stereocenters. The number of nitrogens with one attached hydrogen (secondary N) is 1. The normalized spacial score (nSPS) is 9.57. The van der Waals surface area contributed by atoms with Crippen LogP contribution in [-0.4, -0.2) is 18.4 Å². The number of carbonyl (C=O) groups is 2. The van der Waals surface area contributed by atoms with E-state index in [-0.39, 0.29) is 12.5 Å². The molecule has 1 heterocycles. The Labute approximate surface area is 126 Å². The van der Waals surface area contributed by atoms with E-state index < -0.39 is 5.91 Å². The molecule has 5 N–H and O–H groups in total. The smallest absolute Gasteiger partial charge is 0.256 e. The van der Waals surface area contributed by atoms with E-state index in [9.17, 15) is 9.59 Å². The predicted octanol–water partition coefficient (Wildman–Crippen LogP) is 1.41. The van der Waals surface area contributed by atoms with Gasteiger partial charge in [0, 0.05) is 16.6 Å². The maximum atomic E-state index is 12.1. The summed E-state index contributed by atoms with van der Waals surface area (Å²) in [4.78, 5) is 24.0. The average molecular weight is 299 g/mol. The second kappa shape index (κ2) is 6.70. The number of hydrogen-bond acceptors (Lipinski definition) is 4. The maximum Gasteiger partial charge on any atom is 0.256 e. The van der Waals surface area contributed by atoms with E-state index in [1.165, 1.54) is 17.4 Å². The number of primary amides is 1. The lowest BCUT2D eigenvalue weighted by Crippen LogP contribution is -2.14. The first kappa shape index (κ1) is 14.8. The predicted molar refractivity (Wildman–Crippen MR) is 83.2 cm³/mol. The lowest BCUT2D eigenvalue weighted by molar-refractivity contribution is 0.0996. The Morgan fingerprint density at radius 2 is 2.05 bits per heavy atom. The van der Waals surface area contributed by atoms with Crippen molar-refractivity contribution in [1.82, 2.24) is 0 Å². The third kappa shape index (κ3) is 3.92. The Balaban J connectivity index is 2.12. The standard InChI is InChI=1S/C15H13N3O2S/c16-6-2-5-13-8-11(9-21-13)15(20)18-12-4-1-3-10(7-12)14(17)19/h1,3-4,7-9H,6,16H2,(H2,17,19)(H,18,20). The number of rotatable bonds is 3. The Hall–Kier alpha value is -2.62. The van der Waals surface area contributed by atoms with Crippen LogP contribution < -0.4 is 16.8 Å². The van der Waals surface area contributed by atoms with E-state index in [0.29, 0.717) is 16.8 Å². The zero-order chi connectivity index (χ0) is 15.2. The number of thiophene rings is 1. The lowest BCUT2D eigenvalue weighted by atomic mass is 10.2. The summed E-state index contributed by atoms with van der Waals surface area (Å²) in [6.45, 7) is 0.277. The molecule has 0 aliphatic rings. The minimum atomic E-state index is -0.541. The summed E-state index contributed by atoms with van der Waals surface area (Å²) < 4.78 is 0. The number of carbonyl (C=O) groups excluding carboxylic acids is 2. The van der Waals surface area contributed by atoms with Gasteiger partial charge in [-0.15, -0.1) is 11.3 Å². The summed E-state index contributed by atoms with van der Waals surface area (Å²) >= 11 is 1.37. The van der Waals surface area contributed by atoms with Crippen LogP contribution in [0, 0.1) is 11.8 Å². The molecule has 6 heteroatoms. The first-order chi connectivity index (χ1) is 10.1. The number of amides is 2. The third-order valence-electron chi connectivity index (χ3n) is 2.58. The lowest BCUT2D eigenvalue weighted by Gasteiger charge is -2.04. The monoisotopic (exact) mass is 299 g/mol. The van der Waals surface area contributed by atoms with Crippen molar-refractivity contribution in [1.29, 1.82) is 0 Å². The highest BCUT2D eigenvalue weighted by Gasteiger charge is 2.09. The summed E-state index contributed by atoms with van der Waals surface area (Å²) in [5.74, 6) is 4.79. The highest BCUT2D eigenvalue weighted by molar-refractivity contribution is 7.10. The summed E-state index contributed by atoms with van der Waals surface area (Å²) in [5, 5.41) is 4.43. The van der Waals surface area contributed by atoms with Crippen molar-refractivity contribution in [3.63, 3.8) is 0 Å². The van der Waals surface area contributed by atoms with E-state index >= 15 is 0 Å². The van der Waals surface area contributed by atoms with Crippen molar-refractivity contribution >= 4 is 28.8 Å². The summed E-state index contributed by atoms with van der Waals surface area (Å²) in [5.41, 5.74) is 11.9. The Bertz CT molecular complexity index is 741. The van der Waals surface area contributed by atoms with Crippen molar-refractivity contribution in [3.05, 3.63) is 51.7 Å². The Morgan fingerprint density at radius 1 is 1.24 bits per heavy atom. The zero-order valence-electron chi connectivity index (χ0n) is 11.1. The number of nitrogens with two attached hydrogens (primary N) is 2. The summed E-state index contributed by atoms with van der Waals surface area (Å²) in [6.07, 6.45) is 0. The molecular weight excluding hydrogens is 286 g/mol. The van der Waals surface area contributed by atoms with Gasteiger partial charge in [-0.05, 0) is 24.3 Å². The first-order valence-corrected chi connectivity index (χ1v) is 6.97. The van der Waals surface area contributed by atoms with E-state index in [1.807, 2.05) is 0 Å². The van der Waals surface area contributed by atoms with Gasteiger partial charge in [-0.2, -0.15) is 0 Å². The second-order valence-electron chi connectivity index (χ2n) is 4.10. The SMILES string of the molecule is NCC#Cc1cc(C(=O)Nc2cccc(C(N)=O)c2)cs1. The molecule has 0 bridgehead atoms. The van der Waals surface area contributed by atoms with Crippen LogP contribution in [-0.2, 0) is 0 Å². The summed E-state index contributed by atoms with van der Waals surface area (Å²) in [7, 11) is 0. The van der Waals surface area contributed by atoms with Gasteiger partial charge in [-0.1, -0.05) is 17.9 Å². The van der Waals surface area contributed by atoms with Crippen molar-refractivity contribution in [2.24, 2.45) is 11.5 Å². The molecule has 106 valence electrons. The average Bonchev–Trinajstić information content (AvgIpc) is 2.94. The number of anilines is 1. The van der Waals surface area contributed by atoms with Crippen LogP contribution in [0.25, 0.3) is 0 Å². The molecule has 0 radical (unpaired) electrons. The van der Waals surface area contributed by atoms with Crippen LogP contribution in [0.15, 0.2) is 35.7 Å². The molecule has 21 heavy (non-hydrogen) atoms. The molecule has 0 saturated carbocycles. The van der Waals surface area contributed by atoms with Gasteiger partial charge in [0.25, 0.3) is 5.91 Å². The van der Waals surface area contributed by atoms with Crippen LogP contribution in [0.4, 0.5) is 5.69 Å². The summed E-state index contributed by atoms with van der Waals surface area (Å²) in [6, 6.07) is 8.15. The van der Waals surface area contributed by atoms with Crippen molar-refractivity contribution in [2.45, 2.75) is 0 Å². The van der Waals surface area contributed by atoms with Gasteiger partial charge in [0.1, 0.15) is 0 Å². The van der Waals surface area contributed by atoms with E-state index in [1.54, 1.807) is 29.6 Å². The van der Waals surface area contributed by atoms with Crippen LogP contribution in [0.1, 0.15) is 25.6 Å². The topological polar surface area (TPSA) is 98.2 Å². The number of hydrogen-bond donors (Lipinski definition) is 3. The van der Waals surface area contributed by atoms with Crippen molar-refractivity contribution < 1.29 is 9.59 Å². The van der Waals surface area contributed by atoms with Gasteiger partial charge in [0.05, 0.1) is 17.0 Å². The molecule has 0 spiro atoms. The molecule has 1 aromatic carbocycles. The van der Waals surface area contributed by atoms with Crippen LogP contribution >= 0.6 is 11.3 Å². The molecule has 0 saturated heterocycles. The minimum Gasteiger partial charge on any atom is -0.366 e. The highest BCUT2D eigenvalue weighted by atomic mass is 32.1. The maximum absolute atomic E-state index is 12.1. The fourth-order valence-electron chi connectivity index (χ4n) is 1.61. The van der Waals surface area contributed by atoms with Gasteiger partial charge >= 0.3 is 0 Å². The van der Waals surface area contributed by atoms with Crippen LogP contribution in [0.5, 0.6) is 0 Å². The van der Waals surface area contributed by atoms with Gasteiger partial charge in [0.15, 0.2) is 0 Å². The Morgan fingerprint density at radius 3 is 2.76 bits per heavy atom. The zero-order valence-corrected chi connectivity index (χ0v) is 11.9. The quantitative estimate of drug-likeness (QED) is 0.747. The molecular formula is C15H13N3O2S. The second-order valence-corrected chi connectivity index (χ2v) is 5.02. The molecule has 1 aromatic heterocycles. The molecule has 0 unspecified atom stereocenters. The van der Waals surface area contributed by atoms with Gasteiger partial charge in [0.2, 0.25) is 5.91 Å². The van der Waals surface area contributed by atoms with Crippen molar-refractivity contribution in [3.8, 4) is 11.8 Å².